The number of aliphatic carboxylic acids is 1. The van der Waals surface area contributed by atoms with Gasteiger partial charge in [0.15, 0.2) is 0 Å². The van der Waals surface area contributed by atoms with Crippen LogP contribution in [0, 0.1) is 11.8 Å². The minimum Gasteiger partial charge on any atom is -0.480 e. The van der Waals surface area contributed by atoms with Crippen molar-refractivity contribution in [2.45, 2.75) is 57.5 Å². The van der Waals surface area contributed by atoms with Crippen molar-refractivity contribution in [1.29, 1.82) is 0 Å². The van der Waals surface area contributed by atoms with Gasteiger partial charge in [0.2, 0.25) is 5.91 Å². The van der Waals surface area contributed by atoms with Crippen LogP contribution in [0.15, 0.2) is 48.5 Å². The van der Waals surface area contributed by atoms with Gasteiger partial charge in [0, 0.05) is 5.92 Å². The third kappa shape index (κ3) is 5.58. The summed E-state index contributed by atoms with van der Waals surface area (Å²) in [5.74, 6) is -1.15. The first-order valence-electron chi connectivity index (χ1n) is 12.0. The molecule has 0 heterocycles. The van der Waals surface area contributed by atoms with E-state index in [1.165, 1.54) is 0 Å². The van der Waals surface area contributed by atoms with E-state index in [0.717, 1.165) is 35.1 Å². The number of ether oxygens (including phenoxy) is 1. The zero-order valence-electron chi connectivity index (χ0n) is 19.6. The van der Waals surface area contributed by atoms with Crippen molar-refractivity contribution >= 4 is 18.0 Å². The Morgan fingerprint density at radius 1 is 0.941 bits per heavy atom. The van der Waals surface area contributed by atoms with Crippen molar-refractivity contribution in [2.24, 2.45) is 11.8 Å². The van der Waals surface area contributed by atoms with E-state index in [0.29, 0.717) is 18.8 Å². The molecular weight excluding hydrogens is 432 g/mol. The molecule has 2 atom stereocenters. The van der Waals surface area contributed by atoms with E-state index in [1.807, 2.05) is 50.2 Å². The molecule has 2 aromatic carbocycles. The highest BCUT2D eigenvalue weighted by Crippen LogP contribution is 2.44. The molecule has 0 bridgehead atoms. The zero-order valence-corrected chi connectivity index (χ0v) is 19.6. The highest BCUT2D eigenvalue weighted by Gasteiger charge is 2.33. The maximum atomic E-state index is 12.9. The topological polar surface area (TPSA) is 105 Å². The highest BCUT2D eigenvalue weighted by molar-refractivity contribution is 5.89. The molecule has 1 saturated carbocycles. The number of nitrogens with one attached hydrogen (secondary N) is 2. The Morgan fingerprint density at radius 3 is 2.06 bits per heavy atom. The summed E-state index contributed by atoms with van der Waals surface area (Å²) in [6.45, 7) is 4.03. The van der Waals surface area contributed by atoms with Crippen LogP contribution >= 0.6 is 0 Å². The van der Waals surface area contributed by atoms with Crippen molar-refractivity contribution in [3.8, 4) is 11.1 Å². The number of carboxylic acid groups (broad SMARTS) is 1. The summed E-state index contributed by atoms with van der Waals surface area (Å²) in [7, 11) is 0. The second-order valence-electron chi connectivity index (χ2n) is 9.73. The molecule has 2 aliphatic carbocycles. The van der Waals surface area contributed by atoms with Gasteiger partial charge in [-0.05, 0) is 46.9 Å². The Morgan fingerprint density at radius 2 is 1.53 bits per heavy atom. The van der Waals surface area contributed by atoms with Crippen LogP contribution in [-0.4, -0.2) is 41.8 Å². The number of carbonyl (C=O) groups excluding carboxylic acids is 2. The first kappa shape index (κ1) is 23.8. The van der Waals surface area contributed by atoms with Gasteiger partial charge in [-0.25, -0.2) is 9.59 Å². The molecule has 3 N–H and O–H groups in total. The Bertz CT molecular complexity index is 1020. The fourth-order valence-corrected chi connectivity index (χ4v) is 4.67. The molecule has 2 aromatic rings. The smallest absolute Gasteiger partial charge is 0.407 e. The number of benzene rings is 2. The van der Waals surface area contributed by atoms with Crippen LogP contribution in [0.2, 0.25) is 0 Å². The number of rotatable bonds is 10. The number of hydrogen-bond donors (Lipinski definition) is 3. The first-order chi connectivity index (χ1) is 16.3. The first-order valence-corrected chi connectivity index (χ1v) is 12.0. The van der Waals surface area contributed by atoms with E-state index in [9.17, 15) is 19.5 Å². The molecule has 4 rings (SSSR count). The van der Waals surface area contributed by atoms with Crippen molar-refractivity contribution in [3.63, 3.8) is 0 Å². The number of amides is 2. The molecule has 2 amide bonds. The Balaban J connectivity index is 1.39. The normalized spacial score (nSPS) is 16.3. The van der Waals surface area contributed by atoms with Crippen LogP contribution in [0.5, 0.6) is 0 Å². The maximum absolute atomic E-state index is 12.9. The molecule has 7 heteroatoms. The number of fused-ring (bicyclic) bond motifs is 3. The summed E-state index contributed by atoms with van der Waals surface area (Å²) >= 11 is 0. The standard InChI is InChI=1S/C27H32N2O5/c1-16(2)13-23(25(30)28-24(26(31)32)14-17-11-12-17)29-27(33)34-15-22-20-9-5-3-7-18(20)19-8-4-6-10-21(19)22/h3-10,16-17,22-24H,11-15H2,1-2H3,(H,28,30)(H,29,33)(H,31,32)/t23?,24-/m0/s1. The van der Waals surface area contributed by atoms with Gasteiger partial charge >= 0.3 is 12.1 Å². The van der Waals surface area contributed by atoms with Crippen molar-refractivity contribution < 1.29 is 24.2 Å². The summed E-state index contributed by atoms with van der Waals surface area (Å²) in [5, 5.41) is 14.8. The molecule has 0 radical (unpaired) electrons. The lowest BCUT2D eigenvalue weighted by Crippen LogP contribution is -2.52. The molecular formula is C27H32N2O5. The fraction of sp³-hybridized carbons (Fsp3) is 0.444. The lowest BCUT2D eigenvalue weighted by atomic mass is 9.98. The molecule has 7 nitrogen and oxygen atoms in total. The SMILES string of the molecule is CC(C)CC(NC(=O)OCC1c2ccccc2-c2ccccc21)C(=O)N[C@@H](CC1CC1)C(=O)O. The van der Waals surface area contributed by atoms with Crippen LogP contribution in [0.4, 0.5) is 4.79 Å². The predicted molar refractivity (Wildman–Crippen MR) is 128 cm³/mol. The van der Waals surface area contributed by atoms with Gasteiger partial charge in [-0.2, -0.15) is 0 Å². The summed E-state index contributed by atoms with van der Waals surface area (Å²) in [6, 6.07) is 14.3. The minimum atomic E-state index is -1.05. The minimum absolute atomic E-state index is 0.0783. The monoisotopic (exact) mass is 464 g/mol. The molecule has 0 aromatic heterocycles. The largest absolute Gasteiger partial charge is 0.480 e. The zero-order chi connectivity index (χ0) is 24.2. The fourth-order valence-electron chi connectivity index (χ4n) is 4.67. The quantitative estimate of drug-likeness (QED) is 0.486. The van der Waals surface area contributed by atoms with Crippen LogP contribution in [0.25, 0.3) is 11.1 Å². The van der Waals surface area contributed by atoms with Gasteiger partial charge < -0.3 is 20.5 Å². The van der Waals surface area contributed by atoms with Crippen LogP contribution in [-0.2, 0) is 14.3 Å². The third-order valence-corrected chi connectivity index (χ3v) is 6.54. The molecule has 2 aliphatic rings. The average molecular weight is 465 g/mol. The maximum Gasteiger partial charge on any atom is 0.407 e. The molecule has 0 saturated heterocycles. The summed E-state index contributed by atoms with van der Waals surface area (Å²) in [6.07, 6.45) is 2.10. The summed E-state index contributed by atoms with van der Waals surface area (Å²) in [5.41, 5.74) is 4.49. The van der Waals surface area contributed by atoms with Gasteiger partial charge in [-0.3, -0.25) is 4.79 Å². The summed E-state index contributed by atoms with van der Waals surface area (Å²) in [4.78, 5) is 37.2. The number of alkyl carbamates (subject to hydrolysis) is 1. The Hall–Kier alpha value is -3.35. The van der Waals surface area contributed by atoms with E-state index in [4.69, 9.17) is 4.74 Å². The molecule has 0 aliphatic heterocycles. The van der Waals surface area contributed by atoms with E-state index in [1.54, 1.807) is 0 Å². The molecule has 34 heavy (non-hydrogen) atoms. The van der Waals surface area contributed by atoms with Gasteiger partial charge in [0.05, 0.1) is 0 Å². The van der Waals surface area contributed by atoms with E-state index < -0.39 is 30.1 Å². The van der Waals surface area contributed by atoms with Gasteiger partial charge in [0.1, 0.15) is 18.7 Å². The second-order valence-corrected chi connectivity index (χ2v) is 9.73. The molecule has 1 unspecified atom stereocenters. The molecule has 180 valence electrons. The van der Waals surface area contributed by atoms with E-state index in [2.05, 4.69) is 22.8 Å². The Labute approximate surface area is 199 Å². The van der Waals surface area contributed by atoms with Crippen LogP contribution < -0.4 is 10.6 Å². The molecule has 0 spiro atoms. The van der Waals surface area contributed by atoms with E-state index >= 15 is 0 Å². The highest BCUT2D eigenvalue weighted by atomic mass is 16.5. The Kier molecular flexibility index (Phi) is 7.20. The van der Waals surface area contributed by atoms with Gasteiger partial charge in [0.25, 0.3) is 0 Å². The predicted octanol–water partition coefficient (Wildman–Crippen LogP) is 4.31. The lowest BCUT2D eigenvalue weighted by Gasteiger charge is -2.23. The average Bonchev–Trinajstić information content (AvgIpc) is 3.57. The van der Waals surface area contributed by atoms with Crippen LogP contribution in [0.1, 0.15) is 56.6 Å². The van der Waals surface area contributed by atoms with Crippen molar-refractivity contribution in [2.75, 3.05) is 6.61 Å². The van der Waals surface area contributed by atoms with Crippen molar-refractivity contribution in [3.05, 3.63) is 59.7 Å². The van der Waals surface area contributed by atoms with Gasteiger partial charge in [-0.1, -0.05) is 75.2 Å². The van der Waals surface area contributed by atoms with Gasteiger partial charge in [-0.15, -0.1) is 0 Å². The number of hydrogen-bond acceptors (Lipinski definition) is 4. The van der Waals surface area contributed by atoms with Crippen LogP contribution in [0.3, 0.4) is 0 Å². The molecule has 1 fully saturated rings. The lowest BCUT2D eigenvalue weighted by molar-refractivity contribution is -0.142. The van der Waals surface area contributed by atoms with Crippen molar-refractivity contribution in [1.82, 2.24) is 10.6 Å². The number of carboxylic acids is 1. The van der Waals surface area contributed by atoms with E-state index in [-0.39, 0.29) is 18.4 Å². The third-order valence-electron chi connectivity index (χ3n) is 6.54. The summed E-state index contributed by atoms with van der Waals surface area (Å²) < 4.78 is 5.58. The second kappa shape index (κ2) is 10.3. The number of carbonyl (C=O) groups is 3.